The highest BCUT2D eigenvalue weighted by Crippen LogP contribution is 2.28. The van der Waals surface area contributed by atoms with Crippen LogP contribution in [0.15, 0.2) is 0 Å². The van der Waals surface area contributed by atoms with Gasteiger partial charge in [0.2, 0.25) is 0 Å². The lowest BCUT2D eigenvalue weighted by atomic mass is 10.2. The van der Waals surface area contributed by atoms with Crippen LogP contribution in [0.3, 0.4) is 0 Å². The van der Waals surface area contributed by atoms with Crippen molar-refractivity contribution in [3.63, 3.8) is 0 Å². The van der Waals surface area contributed by atoms with E-state index in [0.29, 0.717) is 6.04 Å². The lowest BCUT2D eigenvalue weighted by Gasteiger charge is -2.18. The van der Waals surface area contributed by atoms with Crippen molar-refractivity contribution in [2.75, 3.05) is 18.3 Å². The van der Waals surface area contributed by atoms with Crippen LogP contribution in [-0.2, 0) is 9.84 Å². The van der Waals surface area contributed by atoms with Gasteiger partial charge < -0.3 is 5.32 Å². The van der Waals surface area contributed by atoms with Crippen LogP contribution >= 0.6 is 11.8 Å². The van der Waals surface area contributed by atoms with Crippen molar-refractivity contribution in [1.29, 1.82) is 0 Å². The lowest BCUT2D eigenvalue weighted by molar-refractivity contribution is 0.469. The molecular weight excluding hydrogens is 230 g/mol. The van der Waals surface area contributed by atoms with E-state index in [1.54, 1.807) is 0 Å². The van der Waals surface area contributed by atoms with Gasteiger partial charge in [-0.3, -0.25) is 0 Å². The molecule has 3 unspecified atom stereocenters. The molecule has 5 heteroatoms. The van der Waals surface area contributed by atoms with Gasteiger partial charge in [-0.1, -0.05) is 0 Å². The van der Waals surface area contributed by atoms with Crippen LogP contribution in [-0.4, -0.2) is 44.0 Å². The zero-order chi connectivity index (χ0) is 11.5. The lowest BCUT2D eigenvalue weighted by Crippen LogP contribution is -2.39. The van der Waals surface area contributed by atoms with Crippen LogP contribution in [0, 0.1) is 0 Å². The van der Waals surface area contributed by atoms with Crippen molar-refractivity contribution in [3.8, 4) is 0 Å². The Bertz CT molecular complexity index is 290. The maximum Gasteiger partial charge on any atom is 0.148 e. The summed E-state index contributed by atoms with van der Waals surface area (Å²) in [7, 11) is -2.85. The molecule has 1 fully saturated rings. The van der Waals surface area contributed by atoms with Crippen molar-refractivity contribution in [2.24, 2.45) is 0 Å². The Hall–Kier alpha value is 0.260. The first kappa shape index (κ1) is 13.3. The van der Waals surface area contributed by atoms with Crippen LogP contribution in [0.1, 0.15) is 26.2 Å². The summed E-state index contributed by atoms with van der Waals surface area (Å²) in [5, 5.41) is 4.16. The Balaban J connectivity index is 2.30. The van der Waals surface area contributed by atoms with Crippen molar-refractivity contribution in [1.82, 2.24) is 5.32 Å². The van der Waals surface area contributed by atoms with Gasteiger partial charge in [-0.05, 0) is 32.4 Å². The summed E-state index contributed by atoms with van der Waals surface area (Å²) < 4.78 is 22.2. The van der Waals surface area contributed by atoms with Gasteiger partial charge in [0, 0.05) is 23.6 Å². The normalized spacial score (nSPS) is 29.3. The van der Waals surface area contributed by atoms with Crippen molar-refractivity contribution >= 4 is 21.6 Å². The predicted octanol–water partition coefficient (Wildman–Crippen LogP) is 1.29. The molecule has 1 saturated carbocycles. The number of thioether (sulfide) groups is 1. The molecule has 0 saturated heterocycles. The van der Waals surface area contributed by atoms with Crippen LogP contribution in [0.2, 0.25) is 0 Å². The smallest absolute Gasteiger partial charge is 0.148 e. The highest BCUT2D eigenvalue weighted by Gasteiger charge is 2.25. The van der Waals surface area contributed by atoms with E-state index in [2.05, 4.69) is 11.6 Å². The van der Waals surface area contributed by atoms with Gasteiger partial charge in [-0.2, -0.15) is 11.8 Å². The Morgan fingerprint density at radius 2 is 2.13 bits per heavy atom. The van der Waals surface area contributed by atoms with E-state index in [-0.39, 0.29) is 11.8 Å². The third-order valence-electron chi connectivity index (χ3n) is 2.79. The van der Waals surface area contributed by atoms with Gasteiger partial charge in [0.15, 0.2) is 0 Å². The average molecular weight is 251 g/mol. The second-order valence-corrected chi connectivity index (χ2v) is 7.85. The molecule has 0 bridgehead atoms. The summed E-state index contributed by atoms with van der Waals surface area (Å²) in [4.78, 5) is 0. The van der Waals surface area contributed by atoms with Crippen molar-refractivity contribution in [2.45, 2.75) is 43.5 Å². The molecule has 0 radical (unpaired) electrons. The first-order chi connectivity index (χ1) is 6.90. The third kappa shape index (κ3) is 5.22. The number of hydrogen-bond acceptors (Lipinski definition) is 4. The first-order valence-corrected chi connectivity index (χ1v) is 8.72. The SMILES string of the molecule is CSC1CCC(NC(C)CS(C)(=O)=O)C1. The third-order valence-corrected chi connectivity index (χ3v) is 4.99. The zero-order valence-electron chi connectivity index (χ0n) is 9.69. The molecule has 15 heavy (non-hydrogen) atoms. The Labute approximate surface area is 97.3 Å². The molecule has 0 amide bonds. The van der Waals surface area contributed by atoms with E-state index in [0.717, 1.165) is 5.25 Å². The maximum absolute atomic E-state index is 11.1. The molecule has 90 valence electrons. The van der Waals surface area contributed by atoms with E-state index in [1.807, 2.05) is 18.7 Å². The highest BCUT2D eigenvalue weighted by atomic mass is 32.2. The quantitative estimate of drug-likeness (QED) is 0.800. The highest BCUT2D eigenvalue weighted by molar-refractivity contribution is 7.99. The monoisotopic (exact) mass is 251 g/mol. The molecule has 1 rings (SSSR count). The number of sulfone groups is 1. The van der Waals surface area contributed by atoms with Crippen LogP contribution < -0.4 is 5.32 Å². The first-order valence-electron chi connectivity index (χ1n) is 5.37. The number of nitrogens with one attached hydrogen (secondary N) is 1. The van der Waals surface area contributed by atoms with Gasteiger partial charge >= 0.3 is 0 Å². The Morgan fingerprint density at radius 3 is 2.60 bits per heavy atom. The number of rotatable bonds is 5. The Morgan fingerprint density at radius 1 is 1.47 bits per heavy atom. The van der Waals surface area contributed by atoms with Gasteiger partial charge in [-0.15, -0.1) is 0 Å². The molecule has 1 aliphatic carbocycles. The molecule has 3 nitrogen and oxygen atoms in total. The zero-order valence-corrected chi connectivity index (χ0v) is 11.3. The summed E-state index contributed by atoms with van der Waals surface area (Å²) >= 11 is 1.92. The van der Waals surface area contributed by atoms with E-state index >= 15 is 0 Å². The van der Waals surface area contributed by atoms with E-state index in [9.17, 15) is 8.42 Å². The fourth-order valence-electron chi connectivity index (χ4n) is 2.21. The second-order valence-electron chi connectivity index (χ2n) is 4.53. The molecule has 0 aromatic carbocycles. The fraction of sp³-hybridized carbons (Fsp3) is 1.00. The molecule has 0 spiro atoms. The van der Waals surface area contributed by atoms with Crippen molar-refractivity contribution in [3.05, 3.63) is 0 Å². The second kappa shape index (κ2) is 5.55. The molecule has 1 aliphatic rings. The minimum Gasteiger partial charge on any atom is -0.310 e. The molecule has 0 aromatic rings. The fourth-order valence-corrected chi connectivity index (χ4v) is 4.01. The number of hydrogen-bond donors (Lipinski definition) is 1. The topological polar surface area (TPSA) is 46.2 Å². The van der Waals surface area contributed by atoms with E-state index in [4.69, 9.17) is 0 Å². The van der Waals surface area contributed by atoms with E-state index < -0.39 is 9.84 Å². The minimum atomic E-state index is -2.85. The van der Waals surface area contributed by atoms with Gasteiger partial charge in [0.1, 0.15) is 9.84 Å². The predicted molar refractivity (Wildman–Crippen MR) is 67.3 cm³/mol. The summed E-state index contributed by atoms with van der Waals surface area (Å²) in [6.45, 7) is 1.95. The standard InChI is InChI=1S/C10H21NO2S2/c1-8(7-15(3,12)13)11-9-4-5-10(6-9)14-2/h8-11H,4-7H2,1-3H3. The largest absolute Gasteiger partial charge is 0.310 e. The molecular formula is C10H21NO2S2. The van der Waals surface area contributed by atoms with Crippen LogP contribution in [0.25, 0.3) is 0 Å². The van der Waals surface area contributed by atoms with Crippen molar-refractivity contribution < 1.29 is 8.42 Å². The van der Waals surface area contributed by atoms with Gasteiger partial charge in [0.25, 0.3) is 0 Å². The van der Waals surface area contributed by atoms with Gasteiger partial charge in [0.05, 0.1) is 5.75 Å². The van der Waals surface area contributed by atoms with Crippen LogP contribution in [0.5, 0.6) is 0 Å². The Kier molecular flexibility index (Phi) is 4.93. The average Bonchev–Trinajstić information content (AvgIpc) is 2.48. The summed E-state index contributed by atoms with van der Waals surface area (Å²) in [5.74, 6) is 0.243. The molecule has 0 heterocycles. The molecule has 0 aromatic heterocycles. The minimum absolute atomic E-state index is 0.0746. The van der Waals surface area contributed by atoms with Crippen LogP contribution in [0.4, 0.5) is 0 Å². The summed E-state index contributed by atoms with van der Waals surface area (Å²) in [6.07, 6.45) is 7.05. The molecule has 1 N–H and O–H groups in total. The van der Waals surface area contributed by atoms with E-state index in [1.165, 1.54) is 25.5 Å². The summed E-state index contributed by atoms with van der Waals surface area (Å²) in [6, 6.07) is 0.588. The maximum atomic E-state index is 11.1. The summed E-state index contributed by atoms with van der Waals surface area (Å²) in [5.41, 5.74) is 0. The molecule has 0 aliphatic heterocycles. The van der Waals surface area contributed by atoms with Gasteiger partial charge in [-0.25, -0.2) is 8.42 Å². The molecule has 3 atom stereocenters.